The molecule has 0 spiro atoms. The van der Waals surface area contributed by atoms with Crippen molar-refractivity contribution < 1.29 is 9.59 Å². The van der Waals surface area contributed by atoms with Gasteiger partial charge < -0.3 is 10.2 Å². The number of halogens is 1. The minimum absolute atomic E-state index is 0.106. The van der Waals surface area contributed by atoms with Gasteiger partial charge in [0.25, 0.3) is 11.8 Å². The van der Waals surface area contributed by atoms with Crippen LogP contribution in [0.5, 0.6) is 0 Å². The van der Waals surface area contributed by atoms with Gasteiger partial charge in [-0.3, -0.25) is 14.3 Å². The van der Waals surface area contributed by atoms with E-state index in [0.717, 1.165) is 31.6 Å². The predicted molar refractivity (Wildman–Crippen MR) is 106 cm³/mol. The van der Waals surface area contributed by atoms with Crippen LogP contribution >= 0.6 is 11.6 Å². The van der Waals surface area contributed by atoms with Gasteiger partial charge in [0.15, 0.2) is 0 Å². The number of nitrogens with one attached hydrogen (secondary N) is 1. The first kappa shape index (κ1) is 19.4. The van der Waals surface area contributed by atoms with E-state index >= 15 is 0 Å². The van der Waals surface area contributed by atoms with Crippen molar-refractivity contribution in [2.24, 2.45) is 7.05 Å². The van der Waals surface area contributed by atoms with Crippen molar-refractivity contribution in [3.05, 3.63) is 46.2 Å². The molecule has 1 N–H and O–H groups in total. The highest BCUT2D eigenvalue weighted by Gasteiger charge is 2.25. The average molecular weight is 389 g/mol. The van der Waals surface area contributed by atoms with Crippen molar-refractivity contribution in [3.8, 4) is 0 Å². The largest absolute Gasteiger partial charge is 0.339 e. The number of hydrogen-bond acceptors (Lipinski definition) is 3. The van der Waals surface area contributed by atoms with Gasteiger partial charge in [0.05, 0.1) is 16.9 Å². The second kappa shape index (κ2) is 7.35. The summed E-state index contributed by atoms with van der Waals surface area (Å²) in [5, 5.41) is 7.76. The first-order valence-electron chi connectivity index (χ1n) is 9.11. The Morgan fingerprint density at radius 3 is 2.41 bits per heavy atom. The van der Waals surface area contributed by atoms with Crippen LogP contribution in [-0.4, -0.2) is 39.6 Å². The summed E-state index contributed by atoms with van der Waals surface area (Å²) in [6.07, 6.45) is 2.00. The van der Waals surface area contributed by atoms with Gasteiger partial charge in [-0.25, -0.2) is 0 Å². The topological polar surface area (TPSA) is 67.2 Å². The zero-order valence-corrected chi connectivity index (χ0v) is 16.9. The SMILES string of the molecule is Cn1nc(C(C)(C)C)cc1C(=O)Nc1ccc(Cl)cc1C(=O)N1CCCC1. The number of hydrogen-bond donors (Lipinski definition) is 1. The first-order valence-corrected chi connectivity index (χ1v) is 9.49. The van der Waals surface area contributed by atoms with Crippen LogP contribution in [0, 0.1) is 0 Å². The molecule has 2 aromatic rings. The molecule has 1 aromatic carbocycles. The van der Waals surface area contributed by atoms with Crippen LogP contribution in [0.1, 0.15) is 60.2 Å². The van der Waals surface area contributed by atoms with E-state index in [0.29, 0.717) is 22.0 Å². The highest BCUT2D eigenvalue weighted by molar-refractivity contribution is 6.31. The van der Waals surface area contributed by atoms with E-state index in [1.807, 2.05) is 20.8 Å². The molecular weight excluding hydrogens is 364 g/mol. The maximum atomic E-state index is 12.8. The van der Waals surface area contributed by atoms with Crippen LogP contribution in [0.4, 0.5) is 5.69 Å². The highest BCUT2D eigenvalue weighted by Crippen LogP contribution is 2.26. The van der Waals surface area contributed by atoms with Crippen molar-refractivity contribution in [2.45, 2.75) is 39.0 Å². The lowest BCUT2D eigenvalue weighted by Crippen LogP contribution is -2.29. The van der Waals surface area contributed by atoms with Crippen molar-refractivity contribution in [1.82, 2.24) is 14.7 Å². The zero-order chi connectivity index (χ0) is 19.8. The normalized spacial score (nSPS) is 14.5. The van der Waals surface area contributed by atoms with Crippen molar-refractivity contribution in [1.29, 1.82) is 0 Å². The van der Waals surface area contributed by atoms with Crippen LogP contribution in [0.15, 0.2) is 24.3 Å². The van der Waals surface area contributed by atoms with Crippen LogP contribution in [-0.2, 0) is 12.5 Å². The lowest BCUT2D eigenvalue weighted by Gasteiger charge is -2.18. The Morgan fingerprint density at radius 2 is 1.81 bits per heavy atom. The predicted octanol–water partition coefficient (Wildman–Crippen LogP) is 3.86. The Bertz CT molecular complexity index is 877. The second-order valence-corrected chi connectivity index (χ2v) is 8.37. The number of benzene rings is 1. The van der Waals surface area contributed by atoms with Crippen LogP contribution in [0.2, 0.25) is 5.02 Å². The molecule has 1 aliphatic rings. The van der Waals surface area contributed by atoms with Crippen LogP contribution in [0.25, 0.3) is 0 Å². The fourth-order valence-electron chi connectivity index (χ4n) is 3.13. The molecule has 6 nitrogen and oxygen atoms in total. The lowest BCUT2D eigenvalue weighted by molar-refractivity contribution is 0.0794. The van der Waals surface area contributed by atoms with Gasteiger partial charge in [0.1, 0.15) is 5.69 Å². The van der Waals surface area contributed by atoms with Gasteiger partial charge in [0.2, 0.25) is 0 Å². The summed E-state index contributed by atoms with van der Waals surface area (Å²) in [6.45, 7) is 7.60. The van der Waals surface area contributed by atoms with Gasteiger partial charge in [-0.1, -0.05) is 32.4 Å². The Balaban J connectivity index is 1.88. The molecule has 2 heterocycles. The molecule has 0 unspecified atom stereocenters. The molecule has 7 heteroatoms. The Kier molecular flexibility index (Phi) is 5.29. The number of carbonyl (C=O) groups excluding carboxylic acids is 2. The fraction of sp³-hybridized carbons (Fsp3) is 0.450. The Labute approximate surface area is 164 Å². The number of rotatable bonds is 3. The number of carbonyl (C=O) groups is 2. The second-order valence-electron chi connectivity index (χ2n) is 7.93. The van der Waals surface area contributed by atoms with E-state index in [1.54, 1.807) is 40.9 Å². The van der Waals surface area contributed by atoms with E-state index in [9.17, 15) is 9.59 Å². The minimum atomic E-state index is -0.307. The zero-order valence-electron chi connectivity index (χ0n) is 16.2. The fourth-order valence-corrected chi connectivity index (χ4v) is 3.30. The maximum Gasteiger partial charge on any atom is 0.273 e. The summed E-state index contributed by atoms with van der Waals surface area (Å²) >= 11 is 6.10. The number of amides is 2. The van der Waals surface area contributed by atoms with E-state index in [-0.39, 0.29) is 17.2 Å². The molecule has 1 fully saturated rings. The molecule has 0 radical (unpaired) electrons. The summed E-state index contributed by atoms with van der Waals surface area (Å²) in [7, 11) is 1.74. The summed E-state index contributed by atoms with van der Waals surface area (Å²) in [5.74, 6) is -0.413. The molecular formula is C20H25ClN4O2. The molecule has 0 atom stereocenters. The van der Waals surface area contributed by atoms with E-state index in [4.69, 9.17) is 11.6 Å². The smallest absolute Gasteiger partial charge is 0.273 e. The number of nitrogens with zero attached hydrogens (tertiary/aromatic N) is 3. The molecule has 144 valence electrons. The third kappa shape index (κ3) is 4.16. The van der Waals surface area contributed by atoms with Crippen LogP contribution < -0.4 is 5.32 Å². The molecule has 27 heavy (non-hydrogen) atoms. The lowest BCUT2D eigenvalue weighted by atomic mass is 9.92. The molecule has 1 saturated heterocycles. The van der Waals surface area contributed by atoms with Crippen molar-refractivity contribution in [3.63, 3.8) is 0 Å². The third-order valence-electron chi connectivity index (χ3n) is 4.73. The minimum Gasteiger partial charge on any atom is -0.339 e. The van der Waals surface area contributed by atoms with Gasteiger partial charge in [-0.15, -0.1) is 0 Å². The molecule has 0 bridgehead atoms. The standard InChI is InChI=1S/C20H25ClN4O2/c1-20(2,3)17-12-16(24(4)23-17)18(26)22-15-8-7-13(21)11-14(15)19(27)25-9-5-6-10-25/h7-8,11-12H,5-6,9-10H2,1-4H3,(H,22,26). The molecule has 3 rings (SSSR count). The number of aryl methyl sites for hydroxylation is 1. The highest BCUT2D eigenvalue weighted by atomic mass is 35.5. The number of aromatic nitrogens is 2. The molecule has 1 aliphatic heterocycles. The van der Waals surface area contributed by atoms with Gasteiger partial charge in [-0.05, 0) is 37.1 Å². The first-order chi connectivity index (χ1) is 12.7. The van der Waals surface area contributed by atoms with Crippen molar-refractivity contribution >= 4 is 29.1 Å². The molecule has 1 aromatic heterocycles. The van der Waals surface area contributed by atoms with Crippen molar-refractivity contribution in [2.75, 3.05) is 18.4 Å². The summed E-state index contributed by atoms with van der Waals surface area (Å²) < 4.78 is 1.56. The monoisotopic (exact) mass is 388 g/mol. The quantitative estimate of drug-likeness (QED) is 0.868. The molecule has 2 amide bonds. The molecule has 0 saturated carbocycles. The van der Waals surface area contributed by atoms with E-state index < -0.39 is 0 Å². The maximum absolute atomic E-state index is 12.8. The van der Waals surface area contributed by atoms with Gasteiger partial charge in [-0.2, -0.15) is 5.10 Å². The van der Waals surface area contributed by atoms with Gasteiger partial charge >= 0.3 is 0 Å². The average Bonchev–Trinajstić information content (AvgIpc) is 3.25. The summed E-state index contributed by atoms with van der Waals surface area (Å²) in [6, 6.07) is 6.74. The third-order valence-corrected chi connectivity index (χ3v) is 4.97. The van der Waals surface area contributed by atoms with E-state index in [2.05, 4.69) is 10.4 Å². The van der Waals surface area contributed by atoms with Crippen LogP contribution in [0.3, 0.4) is 0 Å². The van der Waals surface area contributed by atoms with Gasteiger partial charge in [0, 0.05) is 30.6 Å². The number of likely N-dealkylation sites (tertiary alicyclic amines) is 1. The summed E-state index contributed by atoms with van der Waals surface area (Å²) in [5.41, 5.74) is 1.98. The Morgan fingerprint density at radius 1 is 1.15 bits per heavy atom. The Hall–Kier alpha value is -2.34. The number of anilines is 1. The molecule has 0 aliphatic carbocycles. The summed E-state index contributed by atoms with van der Waals surface area (Å²) in [4.78, 5) is 27.5. The van der Waals surface area contributed by atoms with E-state index in [1.165, 1.54) is 0 Å².